The lowest BCUT2D eigenvalue weighted by Crippen LogP contribution is -1.98. The first kappa shape index (κ1) is 11.9. The van der Waals surface area contributed by atoms with E-state index in [2.05, 4.69) is 4.98 Å². The molecule has 0 fully saturated rings. The van der Waals surface area contributed by atoms with Gasteiger partial charge in [-0.3, -0.25) is 4.79 Å². The molecule has 1 heterocycles. The number of ketones is 1. The van der Waals surface area contributed by atoms with Crippen LogP contribution in [0.1, 0.15) is 23.0 Å². The van der Waals surface area contributed by atoms with Crippen molar-refractivity contribution in [3.05, 3.63) is 34.5 Å². The lowest BCUT2D eigenvalue weighted by Gasteiger charge is -2.10. The number of aromatic nitrogens is 1. The maximum absolute atomic E-state index is 11.6. The summed E-state index contributed by atoms with van der Waals surface area (Å²) in [6.45, 7) is 3.36. The Morgan fingerprint density at radius 1 is 1.41 bits per heavy atom. The Morgan fingerprint density at radius 3 is 2.71 bits per heavy atom. The first-order chi connectivity index (χ1) is 8.04. The van der Waals surface area contributed by atoms with Crippen molar-refractivity contribution < 1.29 is 9.53 Å². The van der Waals surface area contributed by atoms with Gasteiger partial charge in [0.25, 0.3) is 0 Å². The lowest BCUT2D eigenvalue weighted by atomic mass is 10.0. The maximum Gasteiger partial charge on any atom is 0.160 e. The van der Waals surface area contributed by atoms with E-state index in [1.165, 1.54) is 6.92 Å². The van der Waals surface area contributed by atoms with Gasteiger partial charge in [0, 0.05) is 16.6 Å². The van der Waals surface area contributed by atoms with Crippen molar-refractivity contribution in [3.63, 3.8) is 0 Å². The number of Topliss-reactive ketones (excluding diaryl/α,β-unsaturated/α-hetero) is 1. The molecular weight excluding hydrogens is 238 g/mol. The summed E-state index contributed by atoms with van der Waals surface area (Å²) in [6.07, 6.45) is 0. The summed E-state index contributed by atoms with van der Waals surface area (Å²) in [5, 5.41) is 1.18. The zero-order valence-corrected chi connectivity index (χ0v) is 10.6. The standard InChI is InChI=1S/C13H12ClNO2/c1-7-6-10(14)12-9(8(2)16)4-5-11(17-3)13(12)15-7/h4-6H,1-3H3. The van der Waals surface area contributed by atoms with Crippen molar-refractivity contribution in [2.45, 2.75) is 13.8 Å². The van der Waals surface area contributed by atoms with Crippen molar-refractivity contribution in [1.29, 1.82) is 0 Å². The van der Waals surface area contributed by atoms with Crippen molar-refractivity contribution >= 4 is 28.3 Å². The van der Waals surface area contributed by atoms with Crippen LogP contribution < -0.4 is 4.74 Å². The Bertz CT molecular complexity index is 608. The molecule has 0 aliphatic heterocycles. The summed E-state index contributed by atoms with van der Waals surface area (Å²) < 4.78 is 5.24. The molecule has 88 valence electrons. The van der Waals surface area contributed by atoms with Crippen LogP contribution in [0.15, 0.2) is 18.2 Å². The molecule has 0 saturated heterocycles. The van der Waals surface area contributed by atoms with Crippen LogP contribution in [-0.2, 0) is 0 Å². The number of aryl methyl sites for hydroxylation is 1. The Hall–Kier alpha value is -1.61. The predicted octanol–water partition coefficient (Wildman–Crippen LogP) is 3.41. The molecule has 2 aromatic rings. The van der Waals surface area contributed by atoms with E-state index >= 15 is 0 Å². The van der Waals surface area contributed by atoms with Crippen LogP contribution in [0.4, 0.5) is 0 Å². The van der Waals surface area contributed by atoms with Crippen LogP contribution >= 0.6 is 11.6 Å². The van der Waals surface area contributed by atoms with Crippen molar-refractivity contribution in [3.8, 4) is 5.75 Å². The first-order valence-corrected chi connectivity index (χ1v) is 5.57. The number of methoxy groups -OCH3 is 1. The van der Waals surface area contributed by atoms with Gasteiger partial charge in [-0.15, -0.1) is 0 Å². The Labute approximate surface area is 104 Å². The molecule has 4 heteroatoms. The molecule has 0 aliphatic rings. The fourth-order valence-corrected chi connectivity index (χ4v) is 2.20. The molecule has 1 aromatic heterocycles. The number of fused-ring (bicyclic) bond motifs is 1. The van der Waals surface area contributed by atoms with Crippen molar-refractivity contribution in [2.24, 2.45) is 0 Å². The minimum atomic E-state index is -0.0368. The number of hydrogen-bond acceptors (Lipinski definition) is 3. The molecule has 1 aromatic carbocycles. The predicted molar refractivity (Wildman–Crippen MR) is 68.0 cm³/mol. The largest absolute Gasteiger partial charge is 0.494 e. The highest BCUT2D eigenvalue weighted by Gasteiger charge is 2.14. The number of nitrogens with zero attached hydrogens (tertiary/aromatic N) is 1. The summed E-state index contributed by atoms with van der Waals surface area (Å²) in [5.41, 5.74) is 1.99. The number of ether oxygens (including phenoxy) is 1. The number of pyridine rings is 1. The minimum absolute atomic E-state index is 0.0368. The number of halogens is 1. The molecule has 0 radical (unpaired) electrons. The Kier molecular flexibility index (Phi) is 3.03. The highest BCUT2D eigenvalue weighted by Crippen LogP contribution is 2.32. The van der Waals surface area contributed by atoms with Gasteiger partial charge in [-0.2, -0.15) is 0 Å². The van der Waals surface area contributed by atoms with Gasteiger partial charge in [0.1, 0.15) is 11.3 Å². The van der Waals surface area contributed by atoms with Crippen LogP contribution in [0.25, 0.3) is 10.9 Å². The smallest absolute Gasteiger partial charge is 0.160 e. The summed E-state index contributed by atoms with van der Waals surface area (Å²) in [7, 11) is 1.57. The van der Waals surface area contributed by atoms with E-state index in [1.54, 1.807) is 25.3 Å². The third-order valence-corrected chi connectivity index (χ3v) is 2.90. The van der Waals surface area contributed by atoms with Crippen LogP contribution in [0, 0.1) is 6.92 Å². The average molecular weight is 250 g/mol. The number of carbonyl (C=O) groups is 1. The Morgan fingerprint density at radius 2 is 2.12 bits per heavy atom. The van der Waals surface area contributed by atoms with Crippen molar-refractivity contribution in [2.75, 3.05) is 7.11 Å². The molecule has 0 atom stereocenters. The molecule has 0 spiro atoms. The molecule has 0 unspecified atom stereocenters. The second-order valence-corrected chi connectivity index (χ2v) is 4.25. The highest BCUT2D eigenvalue weighted by molar-refractivity contribution is 6.37. The molecule has 0 amide bonds. The van der Waals surface area contributed by atoms with E-state index in [1.807, 2.05) is 6.92 Å². The number of rotatable bonds is 2. The van der Waals surface area contributed by atoms with Gasteiger partial charge < -0.3 is 4.74 Å². The monoisotopic (exact) mass is 249 g/mol. The zero-order chi connectivity index (χ0) is 12.6. The van der Waals surface area contributed by atoms with Crippen LogP contribution in [0.2, 0.25) is 5.02 Å². The number of carbonyl (C=O) groups excluding carboxylic acids is 1. The summed E-state index contributed by atoms with van der Waals surface area (Å²) >= 11 is 6.19. The van der Waals surface area contributed by atoms with Gasteiger partial charge in [0.2, 0.25) is 0 Å². The van der Waals surface area contributed by atoms with Crippen LogP contribution in [0.3, 0.4) is 0 Å². The summed E-state index contributed by atoms with van der Waals surface area (Å²) in [6, 6.07) is 5.20. The maximum atomic E-state index is 11.6. The highest BCUT2D eigenvalue weighted by atomic mass is 35.5. The van der Waals surface area contributed by atoms with E-state index in [-0.39, 0.29) is 5.78 Å². The second-order valence-electron chi connectivity index (χ2n) is 3.84. The molecule has 0 saturated carbocycles. The van der Waals surface area contributed by atoms with E-state index in [0.717, 1.165) is 5.69 Å². The van der Waals surface area contributed by atoms with Gasteiger partial charge >= 0.3 is 0 Å². The lowest BCUT2D eigenvalue weighted by molar-refractivity contribution is 0.101. The molecule has 0 N–H and O–H groups in total. The van der Waals surface area contributed by atoms with Crippen LogP contribution in [-0.4, -0.2) is 17.9 Å². The third-order valence-electron chi connectivity index (χ3n) is 2.60. The van der Waals surface area contributed by atoms with Gasteiger partial charge in [0.15, 0.2) is 5.78 Å². The second kappa shape index (κ2) is 4.34. The summed E-state index contributed by atoms with van der Waals surface area (Å²) in [5.74, 6) is 0.584. The fraction of sp³-hybridized carbons (Fsp3) is 0.231. The SMILES string of the molecule is COc1ccc(C(C)=O)c2c(Cl)cc(C)nc12. The molecule has 0 aliphatic carbocycles. The van der Waals surface area contributed by atoms with Gasteiger partial charge in [-0.25, -0.2) is 4.98 Å². The van der Waals surface area contributed by atoms with Crippen LogP contribution in [0.5, 0.6) is 5.75 Å². The molecule has 0 bridgehead atoms. The topological polar surface area (TPSA) is 39.2 Å². The van der Waals surface area contributed by atoms with Gasteiger partial charge in [0.05, 0.1) is 12.1 Å². The normalized spacial score (nSPS) is 10.6. The minimum Gasteiger partial charge on any atom is -0.494 e. The zero-order valence-electron chi connectivity index (χ0n) is 9.87. The van der Waals surface area contributed by atoms with Gasteiger partial charge in [-0.1, -0.05) is 11.6 Å². The van der Waals surface area contributed by atoms with Crippen molar-refractivity contribution in [1.82, 2.24) is 4.98 Å². The average Bonchev–Trinajstić information content (AvgIpc) is 2.27. The number of hydrogen-bond donors (Lipinski definition) is 0. The number of benzene rings is 1. The molecule has 17 heavy (non-hydrogen) atoms. The van der Waals surface area contributed by atoms with E-state index in [4.69, 9.17) is 16.3 Å². The molecule has 3 nitrogen and oxygen atoms in total. The molecule has 2 rings (SSSR count). The quantitative estimate of drug-likeness (QED) is 0.766. The molecular formula is C13H12ClNO2. The van der Waals surface area contributed by atoms with E-state index in [0.29, 0.717) is 27.2 Å². The summed E-state index contributed by atoms with van der Waals surface area (Å²) in [4.78, 5) is 16.0. The van der Waals surface area contributed by atoms with E-state index in [9.17, 15) is 4.79 Å². The first-order valence-electron chi connectivity index (χ1n) is 5.19. The Balaban J connectivity index is 2.95. The van der Waals surface area contributed by atoms with E-state index < -0.39 is 0 Å². The van der Waals surface area contributed by atoms with Gasteiger partial charge in [-0.05, 0) is 32.0 Å². The third kappa shape index (κ3) is 1.98. The fourth-order valence-electron chi connectivity index (χ4n) is 1.85.